The molecule has 2 atom stereocenters. The molecular weight excluding hydrogens is 220 g/mol. The zero-order chi connectivity index (χ0) is 12.7. The first-order chi connectivity index (χ1) is 8.15. The highest BCUT2D eigenvalue weighted by Gasteiger charge is 2.15. The molecule has 0 saturated heterocycles. The summed E-state index contributed by atoms with van der Waals surface area (Å²) >= 11 is 0. The largest absolute Gasteiger partial charge is 0.467 e. The van der Waals surface area contributed by atoms with E-state index in [0.29, 0.717) is 12.3 Å². The van der Waals surface area contributed by atoms with Gasteiger partial charge in [-0.2, -0.15) is 0 Å². The molecule has 1 amide bonds. The second-order valence-corrected chi connectivity index (χ2v) is 3.95. The fourth-order valence-corrected chi connectivity index (χ4v) is 1.36. The van der Waals surface area contributed by atoms with Crippen LogP contribution in [-0.2, 0) is 4.79 Å². The molecular formula is C12H20N2O3. The van der Waals surface area contributed by atoms with Gasteiger partial charge in [-0.05, 0) is 25.5 Å². The van der Waals surface area contributed by atoms with E-state index in [-0.39, 0.29) is 18.5 Å². The van der Waals surface area contributed by atoms with Gasteiger partial charge in [0.1, 0.15) is 11.9 Å². The van der Waals surface area contributed by atoms with Crippen LogP contribution in [0.25, 0.3) is 0 Å². The van der Waals surface area contributed by atoms with Gasteiger partial charge in [-0.1, -0.05) is 6.92 Å². The van der Waals surface area contributed by atoms with Crippen molar-refractivity contribution in [2.45, 2.75) is 32.4 Å². The van der Waals surface area contributed by atoms with Crippen LogP contribution < -0.4 is 10.6 Å². The molecule has 96 valence electrons. The van der Waals surface area contributed by atoms with Gasteiger partial charge in [0.05, 0.1) is 12.3 Å². The summed E-state index contributed by atoms with van der Waals surface area (Å²) in [5, 5.41) is 15.5. The second kappa shape index (κ2) is 7.09. The number of aliphatic hydroxyl groups is 1. The lowest BCUT2D eigenvalue weighted by Gasteiger charge is -2.15. The van der Waals surface area contributed by atoms with Crippen LogP contribution >= 0.6 is 0 Å². The molecule has 1 rings (SSSR count). The molecule has 0 aliphatic rings. The first kappa shape index (κ1) is 13.7. The summed E-state index contributed by atoms with van der Waals surface area (Å²) < 4.78 is 5.06. The van der Waals surface area contributed by atoms with Gasteiger partial charge < -0.3 is 20.2 Å². The van der Waals surface area contributed by atoms with Crippen LogP contribution in [0.15, 0.2) is 22.8 Å². The number of hydrogen-bond acceptors (Lipinski definition) is 4. The molecule has 0 fully saturated rings. The first-order valence-corrected chi connectivity index (χ1v) is 5.87. The van der Waals surface area contributed by atoms with E-state index in [1.54, 1.807) is 19.1 Å². The number of nitrogens with one attached hydrogen (secondary N) is 2. The van der Waals surface area contributed by atoms with Gasteiger partial charge in [0.2, 0.25) is 5.91 Å². The Labute approximate surface area is 101 Å². The Morgan fingerprint density at radius 2 is 2.35 bits per heavy atom. The van der Waals surface area contributed by atoms with Crippen molar-refractivity contribution in [3.8, 4) is 0 Å². The van der Waals surface area contributed by atoms with Crippen LogP contribution in [0.3, 0.4) is 0 Å². The third-order valence-corrected chi connectivity index (χ3v) is 2.43. The van der Waals surface area contributed by atoms with Gasteiger partial charge in [-0.25, -0.2) is 0 Å². The SMILES string of the molecule is CCCNC(=O)C(C)NCC(O)c1ccco1. The Morgan fingerprint density at radius 3 is 2.94 bits per heavy atom. The van der Waals surface area contributed by atoms with Crippen LogP contribution in [0.2, 0.25) is 0 Å². The molecule has 0 aliphatic carbocycles. The third-order valence-electron chi connectivity index (χ3n) is 2.43. The first-order valence-electron chi connectivity index (χ1n) is 5.87. The smallest absolute Gasteiger partial charge is 0.236 e. The van der Waals surface area contributed by atoms with Crippen LogP contribution in [0.5, 0.6) is 0 Å². The number of carbonyl (C=O) groups excluding carboxylic acids is 1. The van der Waals surface area contributed by atoms with Crippen molar-refractivity contribution in [1.29, 1.82) is 0 Å². The highest BCUT2D eigenvalue weighted by atomic mass is 16.4. The molecule has 0 aliphatic heterocycles. The van der Waals surface area contributed by atoms with E-state index in [0.717, 1.165) is 6.42 Å². The average Bonchev–Trinajstić information content (AvgIpc) is 2.86. The lowest BCUT2D eigenvalue weighted by atomic mass is 10.2. The van der Waals surface area contributed by atoms with Gasteiger partial charge in [0.15, 0.2) is 0 Å². The molecule has 1 aromatic heterocycles. The third kappa shape index (κ3) is 4.58. The van der Waals surface area contributed by atoms with Crippen molar-refractivity contribution in [3.63, 3.8) is 0 Å². The molecule has 0 aromatic carbocycles. The fourth-order valence-electron chi connectivity index (χ4n) is 1.36. The maximum absolute atomic E-state index is 11.5. The van der Waals surface area contributed by atoms with E-state index in [2.05, 4.69) is 10.6 Å². The number of carbonyl (C=O) groups is 1. The predicted octanol–water partition coefficient (Wildman–Crippen LogP) is 0.817. The summed E-state index contributed by atoms with van der Waals surface area (Å²) in [4.78, 5) is 11.5. The molecule has 0 radical (unpaired) electrons. The van der Waals surface area contributed by atoms with E-state index in [4.69, 9.17) is 4.42 Å². The number of rotatable bonds is 7. The predicted molar refractivity (Wildman–Crippen MR) is 64.4 cm³/mol. The molecule has 5 nitrogen and oxygen atoms in total. The number of furan rings is 1. The molecule has 5 heteroatoms. The second-order valence-electron chi connectivity index (χ2n) is 3.95. The van der Waals surface area contributed by atoms with Crippen LogP contribution in [0.4, 0.5) is 0 Å². The van der Waals surface area contributed by atoms with Gasteiger partial charge in [-0.3, -0.25) is 4.79 Å². The maximum atomic E-state index is 11.5. The van der Waals surface area contributed by atoms with E-state index in [1.165, 1.54) is 6.26 Å². The Hall–Kier alpha value is -1.33. The molecule has 2 unspecified atom stereocenters. The van der Waals surface area contributed by atoms with E-state index < -0.39 is 6.10 Å². The quantitative estimate of drug-likeness (QED) is 0.659. The lowest BCUT2D eigenvalue weighted by molar-refractivity contribution is -0.122. The van der Waals surface area contributed by atoms with Crippen molar-refractivity contribution in [2.24, 2.45) is 0 Å². The van der Waals surface area contributed by atoms with E-state index in [1.807, 2.05) is 6.92 Å². The van der Waals surface area contributed by atoms with Crippen LogP contribution in [0.1, 0.15) is 32.1 Å². The average molecular weight is 240 g/mol. The van der Waals surface area contributed by atoms with Crippen LogP contribution in [-0.4, -0.2) is 30.1 Å². The molecule has 3 N–H and O–H groups in total. The van der Waals surface area contributed by atoms with Crippen molar-refractivity contribution in [3.05, 3.63) is 24.2 Å². The number of hydrogen-bond donors (Lipinski definition) is 3. The van der Waals surface area contributed by atoms with E-state index >= 15 is 0 Å². The summed E-state index contributed by atoms with van der Waals surface area (Å²) in [5.74, 6) is 0.442. The summed E-state index contributed by atoms with van der Waals surface area (Å²) in [5.41, 5.74) is 0. The van der Waals surface area contributed by atoms with Crippen LogP contribution in [0, 0.1) is 0 Å². The highest BCUT2D eigenvalue weighted by molar-refractivity contribution is 5.81. The lowest BCUT2D eigenvalue weighted by Crippen LogP contribution is -2.43. The fraction of sp³-hybridized carbons (Fsp3) is 0.583. The Morgan fingerprint density at radius 1 is 1.59 bits per heavy atom. The Bertz CT molecular complexity index is 325. The Balaban J connectivity index is 2.27. The van der Waals surface area contributed by atoms with Crippen molar-refractivity contribution < 1.29 is 14.3 Å². The monoisotopic (exact) mass is 240 g/mol. The van der Waals surface area contributed by atoms with Crippen molar-refractivity contribution in [2.75, 3.05) is 13.1 Å². The van der Waals surface area contributed by atoms with Gasteiger partial charge >= 0.3 is 0 Å². The topological polar surface area (TPSA) is 74.5 Å². The van der Waals surface area contributed by atoms with E-state index in [9.17, 15) is 9.90 Å². The normalized spacial score (nSPS) is 14.3. The summed E-state index contributed by atoms with van der Waals surface area (Å²) in [6.45, 7) is 4.72. The zero-order valence-electron chi connectivity index (χ0n) is 10.3. The molecule has 1 aromatic rings. The summed E-state index contributed by atoms with van der Waals surface area (Å²) in [6, 6.07) is 3.09. The minimum Gasteiger partial charge on any atom is -0.467 e. The molecule has 17 heavy (non-hydrogen) atoms. The molecule has 0 saturated carbocycles. The Kier molecular flexibility index (Phi) is 5.72. The van der Waals surface area contributed by atoms with Crippen molar-refractivity contribution >= 4 is 5.91 Å². The number of amides is 1. The van der Waals surface area contributed by atoms with Gasteiger partial charge in [0.25, 0.3) is 0 Å². The van der Waals surface area contributed by atoms with Gasteiger partial charge in [-0.15, -0.1) is 0 Å². The standard InChI is InChI=1S/C12H20N2O3/c1-3-6-13-12(16)9(2)14-8-10(15)11-5-4-7-17-11/h4-5,7,9-10,14-15H,3,6,8H2,1-2H3,(H,13,16). The zero-order valence-corrected chi connectivity index (χ0v) is 10.3. The molecule has 0 bridgehead atoms. The van der Waals surface area contributed by atoms with Gasteiger partial charge in [0, 0.05) is 13.1 Å². The molecule has 0 spiro atoms. The summed E-state index contributed by atoms with van der Waals surface area (Å²) in [6.07, 6.45) is 1.69. The summed E-state index contributed by atoms with van der Waals surface area (Å²) in [7, 11) is 0. The maximum Gasteiger partial charge on any atom is 0.236 e. The number of aliphatic hydroxyl groups excluding tert-OH is 1. The minimum absolute atomic E-state index is 0.0569. The van der Waals surface area contributed by atoms with Crippen molar-refractivity contribution in [1.82, 2.24) is 10.6 Å². The minimum atomic E-state index is -0.730. The molecule has 1 heterocycles. The highest BCUT2D eigenvalue weighted by Crippen LogP contribution is 2.11.